The fourth-order valence-electron chi connectivity index (χ4n) is 3.32. The van der Waals surface area contributed by atoms with E-state index in [1.807, 2.05) is 24.3 Å². The molecular weight excluding hydrogens is 300 g/mol. The number of amides is 1. The van der Waals surface area contributed by atoms with Gasteiger partial charge in [-0.25, -0.2) is 0 Å². The van der Waals surface area contributed by atoms with Gasteiger partial charge in [0.05, 0.1) is 5.56 Å². The van der Waals surface area contributed by atoms with Crippen LogP contribution in [0, 0.1) is 0 Å². The molecule has 0 radical (unpaired) electrons. The van der Waals surface area contributed by atoms with Crippen molar-refractivity contribution >= 4 is 17.3 Å². The van der Waals surface area contributed by atoms with Crippen LogP contribution in [0.15, 0.2) is 48.5 Å². The van der Waals surface area contributed by atoms with E-state index in [4.69, 9.17) is 0 Å². The van der Waals surface area contributed by atoms with Crippen LogP contribution >= 0.6 is 0 Å². The molecule has 1 saturated heterocycles. The first-order valence-electron chi connectivity index (χ1n) is 8.40. The molecule has 2 aromatic carbocycles. The van der Waals surface area contributed by atoms with Crippen LogP contribution < -0.4 is 15.5 Å². The predicted molar refractivity (Wildman–Crippen MR) is 96.4 cm³/mol. The van der Waals surface area contributed by atoms with Crippen molar-refractivity contribution in [2.24, 2.45) is 0 Å². The minimum atomic E-state index is -0.186. The minimum Gasteiger partial charge on any atom is -0.369 e. The molecule has 0 saturated carbocycles. The van der Waals surface area contributed by atoms with Gasteiger partial charge in [-0.1, -0.05) is 24.3 Å². The number of carbonyl (C=O) groups is 1. The van der Waals surface area contributed by atoms with E-state index in [2.05, 4.69) is 51.7 Å². The van der Waals surface area contributed by atoms with Gasteiger partial charge in [0.15, 0.2) is 0 Å². The fraction of sp³-hybridized carbons (Fsp3) is 0.316. The number of nitrogens with zero attached hydrogens (tertiary/aromatic N) is 2. The number of fused-ring (bicyclic) bond motifs is 1. The number of rotatable bonds is 2. The van der Waals surface area contributed by atoms with Gasteiger partial charge in [-0.15, -0.1) is 0 Å². The quantitative estimate of drug-likeness (QED) is 0.891. The first-order valence-corrected chi connectivity index (χ1v) is 8.40. The van der Waals surface area contributed by atoms with Gasteiger partial charge >= 0.3 is 0 Å². The van der Waals surface area contributed by atoms with E-state index in [1.165, 1.54) is 5.69 Å². The third kappa shape index (κ3) is 2.83. The molecule has 24 heavy (non-hydrogen) atoms. The molecule has 0 bridgehead atoms. The van der Waals surface area contributed by atoms with Gasteiger partial charge in [0.25, 0.3) is 5.91 Å². The zero-order valence-electron chi connectivity index (χ0n) is 13.8. The summed E-state index contributed by atoms with van der Waals surface area (Å²) >= 11 is 0. The van der Waals surface area contributed by atoms with E-state index in [9.17, 15) is 4.79 Å². The van der Waals surface area contributed by atoms with Crippen LogP contribution in [0.2, 0.25) is 0 Å². The predicted octanol–water partition coefficient (Wildman–Crippen LogP) is 2.29. The van der Waals surface area contributed by atoms with Crippen molar-refractivity contribution in [2.45, 2.75) is 6.17 Å². The van der Waals surface area contributed by atoms with Crippen LogP contribution in [0.3, 0.4) is 0 Å². The first-order chi connectivity index (χ1) is 11.7. The second-order valence-corrected chi connectivity index (χ2v) is 6.48. The molecule has 1 fully saturated rings. The molecule has 0 spiro atoms. The van der Waals surface area contributed by atoms with Crippen molar-refractivity contribution in [1.29, 1.82) is 0 Å². The lowest BCUT2D eigenvalue weighted by atomic mass is 10.1. The second kappa shape index (κ2) is 6.17. The third-order valence-electron chi connectivity index (χ3n) is 4.84. The van der Waals surface area contributed by atoms with Crippen molar-refractivity contribution in [3.63, 3.8) is 0 Å². The van der Waals surface area contributed by atoms with E-state index >= 15 is 0 Å². The summed E-state index contributed by atoms with van der Waals surface area (Å²) in [5.74, 6) is -0.0301. The summed E-state index contributed by atoms with van der Waals surface area (Å²) in [5.41, 5.74) is 3.89. The topological polar surface area (TPSA) is 47.6 Å². The number of anilines is 2. The molecule has 2 aliphatic rings. The molecular formula is C19H22N4O. The van der Waals surface area contributed by atoms with E-state index < -0.39 is 0 Å². The molecule has 2 N–H and O–H groups in total. The summed E-state index contributed by atoms with van der Waals surface area (Å²) in [6, 6.07) is 16.1. The molecule has 2 aromatic rings. The van der Waals surface area contributed by atoms with E-state index in [0.29, 0.717) is 5.56 Å². The average Bonchev–Trinajstić information content (AvgIpc) is 2.62. The Hall–Kier alpha value is -2.53. The fourth-order valence-corrected chi connectivity index (χ4v) is 3.32. The molecule has 2 aliphatic heterocycles. The van der Waals surface area contributed by atoms with Crippen LogP contribution in [-0.4, -0.2) is 44.0 Å². The molecule has 0 aliphatic carbocycles. The number of benzene rings is 2. The molecule has 124 valence electrons. The maximum absolute atomic E-state index is 12.3. The van der Waals surface area contributed by atoms with Gasteiger partial charge in [-0.2, -0.15) is 0 Å². The van der Waals surface area contributed by atoms with Gasteiger partial charge in [0.2, 0.25) is 0 Å². The second-order valence-electron chi connectivity index (χ2n) is 6.48. The zero-order valence-corrected chi connectivity index (χ0v) is 13.8. The zero-order chi connectivity index (χ0) is 16.5. The maximum atomic E-state index is 12.3. The highest BCUT2D eigenvalue weighted by Crippen LogP contribution is 2.27. The van der Waals surface area contributed by atoms with Gasteiger partial charge in [-0.3, -0.25) is 4.79 Å². The van der Waals surface area contributed by atoms with Crippen LogP contribution in [0.25, 0.3) is 0 Å². The van der Waals surface area contributed by atoms with E-state index in [1.54, 1.807) is 0 Å². The van der Waals surface area contributed by atoms with Crippen molar-refractivity contribution in [2.75, 3.05) is 43.4 Å². The number of para-hydroxylation sites is 1. The molecule has 1 unspecified atom stereocenters. The van der Waals surface area contributed by atoms with E-state index in [-0.39, 0.29) is 12.1 Å². The summed E-state index contributed by atoms with van der Waals surface area (Å²) in [6.45, 7) is 4.31. The largest absolute Gasteiger partial charge is 0.369 e. The van der Waals surface area contributed by atoms with Crippen LogP contribution in [0.5, 0.6) is 0 Å². The molecule has 0 aromatic heterocycles. The summed E-state index contributed by atoms with van der Waals surface area (Å²) in [5, 5.41) is 6.42. The number of piperazine rings is 1. The van der Waals surface area contributed by atoms with Gasteiger partial charge in [0, 0.05) is 37.6 Å². The SMILES string of the molecule is CN1CCN(c2ccc(C3NC(=O)c4ccccc4N3)cc2)CC1. The third-order valence-corrected chi connectivity index (χ3v) is 4.84. The standard InChI is InChI=1S/C19H22N4O/c1-22-10-12-23(13-11-22)15-8-6-14(7-9-15)18-20-17-5-3-2-4-16(17)19(24)21-18/h2-9,18,20H,10-13H2,1H3,(H,21,24). The lowest BCUT2D eigenvalue weighted by Crippen LogP contribution is -2.44. The first kappa shape index (κ1) is 15.0. The number of hydrogen-bond donors (Lipinski definition) is 2. The Bertz CT molecular complexity index is 735. The molecule has 1 amide bonds. The maximum Gasteiger partial charge on any atom is 0.255 e. The Labute approximate surface area is 142 Å². The van der Waals surface area contributed by atoms with Crippen molar-refractivity contribution in [3.8, 4) is 0 Å². The monoisotopic (exact) mass is 322 g/mol. The Kier molecular flexibility index (Phi) is 3.86. The van der Waals surface area contributed by atoms with Crippen LogP contribution in [0.1, 0.15) is 22.1 Å². The minimum absolute atomic E-state index is 0.0301. The Balaban J connectivity index is 1.51. The Morgan fingerprint density at radius 3 is 2.38 bits per heavy atom. The summed E-state index contributed by atoms with van der Waals surface area (Å²) in [4.78, 5) is 17.0. The Morgan fingerprint density at radius 1 is 0.917 bits per heavy atom. The van der Waals surface area contributed by atoms with E-state index in [0.717, 1.165) is 37.4 Å². The van der Waals surface area contributed by atoms with Crippen LogP contribution in [-0.2, 0) is 0 Å². The molecule has 2 heterocycles. The highest BCUT2D eigenvalue weighted by Gasteiger charge is 2.24. The number of carbonyl (C=O) groups excluding carboxylic acids is 1. The van der Waals surface area contributed by atoms with Crippen molar-refractivity contribution < 1.29 is 4.79 Å². The molecule has 5 nitrogen and oxygen atoms in total. The normalized spacial score (nSPS) is 21.0. The molecule has 5 heteroatoms. The number of likely N-dealkylation sites (N-methyl/N-ethyl adjacent to an activating group) is 1. The highest BCUT2D eigenvalue weighted by molar-refractivity contribution is 6.01. The van der Waals surface area contributed by atoms with Crippen molar-refractivity contribution in [3.05, 3.63) is 59.7 Å². The summed E-state index contributed by atoms with van der Waals surface area (Å²) in [6.07, 6.45) is -0.186. The van der Waals surface area contributed by atoms with Crippen molar-refractivity contribution in [1.82, 2.24) is 10.2 Å². The van der Waals surface area contributed by atoms with Gasteiger partial charge < -0.3 is 20.4 Å². The summed E-state index contributed by atoms with van der Waals surface area (Å²) in [7, 11) is 2.16. The highest BCUT2D eigenvalue weighted by atomic mass is 16.2. The molecule has 4 rings (SSSR count). The number of nitrogens with one attached hydrogen (secondary N) is 2. The van der Waals surface area contributed by atoms with Gasteiger partial charge in [0.1, 0.15) is 6.17 Å². The lowest BCUT2D eigenvalue weighted by molar-refractivity contribution is 0.0935. The average molecular weight is 322 g/mol. The Morgan fingerprint density at radius 2 is 1.62 bits per heavy atom. The number of hydrogen-bond acceptors (Lipinski definition) is 4. The molecule has 1 atom stereocenters. The summed E-state index contributed by atoms with van der Waals surface area (Å²) < 4.78 is 0. The lowest BCUT2D eigenvalue weighted by Gasteiger charge is -2.34. The van der Waals surface area contributed by atoms with Crippen LogP contribution in [0.4, 0.5) is 11.4 Å². The van der Waals surface area contributed by atoms with Gasteiger partial charge in [-0.05, 0) is 36.9 Å². The smallest absolute Gasteiger partial charge is 0.255 e.